The minimum Gasteiger partial charge on any atom is -0.378 e. The van der Waals surface area contributed by atoms with Gasteiger partial charge in [-0.2, -0.15) is 0 Å². The molecule has 1 atom stereocenters. The molecule has 0 amide bonds. The quantitative estimate of drug-likeness (QED) is 0.333. The normalized spacial score (nSPS) is 20.8. The average molecular weight is 355 g/mol. The van der Waals surface area contributed by atoms with E-state index in [0.29, 0.717) is 12.1 Å². The fraction of sp³-hybridized carbons (Fsp3) is 0.917. The Bertz CT molecular complexity index is 206. The van der Waals surface area contributed by atoms with E-state index in [1.54, 1.807) is 0 Å². The summed E-state index contributed by atoms with van der Waals surface area (Å²) < 4.78 is 5.66. The van der Waals surface area contributed by atoms with Gasteiger partial charge in [0.05, 0.1) is 6.10 Å². The minimum absolute atomic E-state index is 0. The lowest BCUT2D eigenvalue weighted by Gasteiger charge is -2.22. The molecule has 5 heteroatoms. The number of ether oxygens (including phenoxy) is 1. The molecule has 1 heterocycles. The topological polar surface area (TPSA) is 59.6 Å². The maximum Gasteiger partial charge on any atom is 0.188 e. The van der Waals surface area contributed by atoms with Gasteiger partial charge in [0.1, 0.15) is 0 Å². The van der Waals surface area contributed by atoms with Crippen molar-refractivity contribution in [3.05, 3.63) is 0 Å². The molecule has 102 valence electrons. The van der Waals surface area contributed by atoms with Crippen molar-refractivity contribution in [1.82, 2.24) is 5.32 Å². The second-order valence-corrected chi connectivity index (χ2v) is 4.32. The molecular formula is C12H26IN3O. The zero-order chi connectivity index (χ0) is 11.6. The van der Waals surface area contributed by atoms with Gasteiger partial charge >= 0.3 is 0 Å². The summed E-state index contributed by atoms with van der Waals surface area (Å²) in [5, 5.41) is 3.13. The third kappa shape index (κ3) is 8.65. The van der Waals surface area contributed by atoms with Gasteiger partial charge in [0.25, 0.3) is 0 Å². The molecule has 0 aromatic heterocycles. The second-order valence-electron chi connectivity index (χ2n) is 4.32. The number of halogens is 1. The van der Waals surface area contributed by atoms with E-state index >= 15 is 0 Å². The zero-order valence-corrected chi connectivity index (χ0v) is 13.1. The molecule has 0 aromatic carbocycles. The van der Waals surface area contributed by atoms with Gasteiger partial charge in [-0.15, -0.1) is 24.0 Å². The van der Waals surface area contributed by atoms with E-state index in [0.717, 1.165) is 39.0 Å². The number of hydrogen-bond acceptors (Lipinski definition) is 2. The van der Waals surface area contributed by atoms with Crippen LogP contribution in [-0.4, -0.2) is 31.8 Å². The van der Waals surface area contributed by atoms with Gasteiger partial charge in [-0.25, -0.2) is 0 Å². The van der Waals surface area contributed by atoms with Crippen LogP contribution in [0.25, 0.3) is 0 Å². The second kappa shape index (κ2) is 11.1. The molecule has 1 rings (SSSR count). The summed E-state index contributed by atoms with van der Waals surface area (Å²) in [6.07, 6.45) is 7.52. The highest BCUT2D eigenvalue weighted by Crippen LogP contribution is 2.16. The van der Waals surface area contributed by atoms with Crippen molar-refractivity contribution in [3.8, 4) is 0 Å². The molecule has 17 heavy (non-hydrogen) atoms. The number of aliphatic imine (C=N–C) groups is 1. The van der Waals surface area contributed by atoms with Crippen LogP contribution in [0, 0.1) is 0 Å². The van der Waals surface area contributed by atoms with Crippen molar-refractivity contribution in [2.75, 3.05) is 19.7 Å². The Kier molecular flexibility index (Phi) is 11.0. The van der Waals surface area contributed by atoms with Gasteiger partial charge in [-0.3, -0.25) is 4.99 Å². The van der Waals surface area contributed by atoms with Crippen molar-refractivity contribution in [2.45, 2.75) is 51.6 Å². The molecule has 1 saturated heterocycles. The maximum atomic E-state index is 5.69. The smallest absolute Gasteiger partial charge is 0.188 e. The molecule has 0 radical (unpaired) electrons. The molecule has 0 aliphatic carbocycles. The maximum absolute atomic E-state index is 5.69. The first kappa shape index (κ1) is 17.0. The summed E-state index contributed by atoms with van der Waals surface area (Å²) in [5.41, 5.74) is 5.69. The van der Waals surface area contributed by atoms with Crippen LogP contribution in [-0.2, 0) is 4.74 Å². The van der Waals surface area contributed by atoms with Crippen LogP contribution in [0.5, 0.6) is 0 Å². The average Bonchev–Trinajstić information content (AvgIpc) is 2.33. The highest BCUT2D eigenvalue weighted by Gasteiger charge is 2.12. The molecule has 0 spiro atoms. The molecule has 1 aliphatic rings. The highest BCUT2D eigenvalue weighted by atomic mass is 127. The lowest BCUT2D eigenvalue weighted by molar-refractivity contribution is 0.0104. The first-order valence-electron chi connectivity index (χ1n) is 6.48. The van der Waals surface area contributed by atoms with Crippen LogP contribution < -0.4 is 11.1 Å². The molecule has 1 aliphatic heterocycles. The van der Waals surface area contributed by atoms with Crippen molar-refractivity contribution in [3.63, 3.8) is 0 Å². The Hall–Kier alpha value is -0.0400. The van der Waals surface area contributed by atoms with Crippen molar-refractivity contribution in [1.29, 1.82) is 0 Å². The summed E-state index contributed by atoms with van der Waals surface area (Å²) in [6, 6.07) is 0. The molecule has 0 aromatic rings. The molecule has 0 saturated carbocycles. The molecule has 3 N–H and O–H groups in total. The fourth-order valence-corrected chi connectivity index (χ4v) is 1.87. The molecule has 0 bridgehead atoms. The first-order valence-corrected chi connectivity index (χ1v) is 6.48. The fourth-order valence-electron chi connectivity index (χ4n) is 1.87. The molecule has 1 fully saturated rings. The van der Waals surface area contributed by atoms with Crippen LogP contribution in [0.4, 0.5) is 0 Å². The summed E-state index contributed by atoms with van der Waals surface area (Å²) >= 11 is 0. The zero-order valence-electron chi connectivity index (χ0n) is 10.8. The van der Waals surface area contributed by atoms with E-state index < -0.39 is 0 Å². The lowest BCUT2D eigenvalue weighted by atomic mass is 10.0. The third-order valence-corrected chi connectivity index (χ3v) is 2.79. The van der Waals surface area contributed by atoms with Crippen LogP contribution in [0.3, 0.4) is 0 Å². The van der Waals surface area contributed by atoms with E-state index in [4.69, 9.17) is 10.5 Å². The van der Waals surface area contributed by atoms with Gasteiger partial charge in [0, 0.05) is 19.7 Å². The summed E-state index contributed by atoms with van der Waals surface area (Å²) in [6.45, 7) is 4.75. The summed E-state index contributed by atoms with van der Waals surface area (Å²) in [5.74, 6) is 0.575. The van der Waals surface area contributed by atoms with Crippen molar-refractivity contribution in [2.24, 2.45) is 10.7 Å². The predicted octanol–water partition coefficient (Wildman–Crippen LogP) is 2.27. The Morgan fingerprint density at radius 3 is 2.94 bits per heavy atom. The molecule has 1 unspecified atom stereocenters. The van der Waals surface area contributed by atoms with Gasteiger partial charge in [0.15, 0.2) is 5.96 Å². The van der Waals surface area contributed by atoms with Crippen LogP contribution in [0.1, 0.15) is 45.4 Å². The first-order chi connectivity index (χ1) is 7.83. The van der Waals surface area contributed by atoms with E-state index in [2.05, 4.69) is 17.2 Å². The SMILES string of the molecule is CCCN=C(N)NCCCC1CCCCO1.I. The number of guanidine groups is 1. The summed E-state index contributed by atoms with van der Waals surface area (Å²) in [4.78, 5) is 4.18. The number of nitrogens with zero attached hydrogens (tertiary/aromatic N) is 1. The summed E-state index contributed by atoms with van der Waals surface area (Å²) in [7, 11) is 0. The van der Waals surface area contributed by atoms with Crippen LogP contribution in [0.2, 0.25) is 0 Å². The van der Waals surface area contributed by atoms with Crippen molar-refractivity contribution >= 4 is 29.9 Å². The number of nitrogens with one attached hydrogen (secondary N) is 1. The van der Waals surface area contributed by atoms with Gasteiger partial charge in [-0.05, 0) is 38.5 Å². The van der Waals surface area contributed by atoms with E-state index in [-0.39, 0.29) is 24.0 Å². The third-order valence-electron chi connectivity index (χ3n) is 2.79. The minimum atomic E-state index is 0. The number of rotatable bonds is 6. The Morgan fingerprint density at radius 1 is 1.47 bits per heavy atom. The largest absolute Gasteiger partial charge is 0.378 e. The van der Waals surface area contributed by atoms with Gasteiger partial charge in [-0.1, -0.05) is 6.92 Å². The van der Waals surface area contributed by atoms with E-state index in [1.165, 1.54) is 19.3 Å². The number of nitrogens with two attached hydrogens (primary N) is 1. The van der Waals surface area contributed by atoms with Gasteiger partial charge in [0.2, 0.25) is 0 Å². The highest BCUT2D eigenvalue weighted by molar-refractivity contribution is 14.0. The number of hydrogen-bond donors (Lipinski definition) is 2. The standard InChI is InChI=1S/C12H25N3O.HI/c1-2-8-14-12(13)15-9-5-7-11-6-3-4-10-16-11;/h11H,2-10H2,1H3,(H3,13,14,15);1H. The Morgan fingerprint density at radius 2 is 2.29 bits per heavy atom. The van der Waals surface area contributed by atoms with Gasteiger partial charge < -0.3 is 15.8 Å². The van der Waals surface area contributed by atoms with E-state index in [9.17, 15) is 0 Å². The van der Waals surface area contributed by atoms with Crippen LogP contribution >= 0.6 is 24.0 Å². The van der Waals surface area contributed by atoms with Crippen LogP contribution in [0.15, 0.2) is 4.99 Å². The molecular weight excluding hydrogens is 329 g/mol. The Labute approximate surface area is 122 Å². The predicted molar refractivity (Wildman–Crippen MR) is 83.0 cm³/mol. The van der Waals surface area contributed by atoms with Crippen molar-refractivity contribution < 1.29 is 4.74 Å². The lowest BCUT2D eigenvalue weighted by Crippen LogP contribution is -2.33. The van der Waals surface area contributed by atoms with E-state index in [1.807, 2.05) is 0 Å². The monoisotopic (exact) mass is 355 g/mol. The molecule has 4 nitrogen and oxygen atoms in total. The Balaban J connectivity index is 0.00000256.